The number of carboxylic acid groups (broad SMARTS) is 1. The van der Waals surface area contributed by atoms with Gasteiger partial charge in [-0.05, 0) is 24.6 Å². The van der Waals surface area contributed by atoms with Crippen LogP contribution < -0.4 is 0 Å². The zero-order valence-electron chi connectivity index (χ0n) is 7.03. The van der Waals surface area contributed by atoms with Crippen LogP contribution in [0.25, 0.3) is 0 Å². The van der Waals surface area contributed by atoms with Gasteiger partial charge < -0.3 is 5.11 Å². The second kappa shape index (κ2) is 3.55. The van der Waals surface area contributed by atoms with E-state index in [9.17, 15) is 4.79 Å². The van der Waals surface area contributed by atoms with E-state index in [1.165, 1.54) is 6.07 Å². The summed E-state index contributed by atoms with van der Waals surface area (Å²) in [6, 6.07) is 3.14. The molecule has 0 aliphatic carbocycles. The van der Waals surface area contributed by atoms with Gasteiger partial charge in [0.05, 0.1) is 5.56 Å². The lowest BCUT2D eigenvalue weighted by atomic mass is 10.1. The maximum absolute atomic E-state index is 10.7. The molecule has 0 fully saturated rings. The molecule has 0 unspecified atom stereocenters. The molecule has 1 aromatic rings. The SMILES string of the molecule is C#Cc1cc(S)c(C)c(C(=O)O)c1. The Morgan fingerprint density at radius 1 is 1.62 bits per heavy atom. The van der Waals surface area contributed by atoms with E-state index >= 15 is 0 Å². The van der Waals surface area contributed by atoms with Crippen molar-refractivity contribution in [3.63, 3.8) is 0 Å². The first-order valence-corrected chi connectivity index (χ1v) is 4.04. The Hall–Kier alpha value is -1.40. The fraction of sp³-hybridized carbons (Fsp3) is 0.100. The number of hydrogen-bond acceptors (Lipinski definition) is 2. The Balaban J connectivity index is 3.44. The molecule has 13 heavy (non-hydrogen) atoms. The number of benzene rings is 1. The van der Waals surface area contributed by atoms with E-state index in [-0.39, 0.29) is 5.56 Å². The fourth-order valence-corrected chi connectivity index (χ4v) is 1.26. The van der Waals surface area contributed by atoms with Crippen LogP contribution in [-0.4, -0.2) is 11.1 Å². The first-order chi connectivity index (χ1) is 6.06. The molecule has 1 rings (SSSR count). The van der Waals surface area contributed by atoms with E-state index in [4.69, 9.17) is 11.5 Å². The third kappa shape index (κ3) is 1.85. The van der Waals surface area contributed by atoms with Gasteiger partial charge in [-0.1, -0.05) is 5.92 Å². The Morgan fingerprint density at radius 2 is 2.23 bits per heavy atom. The third-order valence-corrected chi connectivity index (χ3v) is 2.24. The molecule has 0 spiro atoms. The van der Waals surface area contributed by atoms with Gasteiger partial charge in [0.25, 0.3) is 0 Å². The zero-order valence-corrected chi connectivity index (χ0v) is 7.93. The van der Waals surface area contributed by atoms with Crippen LogP contribution in [0.15, 0.2) is 17.0 Å². The molecule has 0 aromatic heterocycles. The average molecular weight is 192 g/mol. The summed E-state index contributed by atoms with van der Waals surface area (Å²) < 4.78 is 0. The van der Waals surface area contributed by atoms with Crippen LogP contribution in [0.4, 0.5) is 0 Å². The van der Waals surface area contributed by atoms with E-state index in [0.29, 0.717) is 16.0 Å². The predicted octanol–water partition coefficient (Wildman–Crippen LogP) is 1.96. The molecule has 3 heteroatoms. The van der Waals surface area contributed by atoms with Gasteiger partial charge in [-0.2, -0.15) is 0 Å². The molecular weight excluding hydrogens is 184 g/mol. The molecule has 0 radical (unpaired) electrons. The topological polar surface area (TPSA) is 37.3 Å². The van der Waals surface area contributed by atoms with Crippen LogP contribution in [0, 0.1) is 19.3 Å². The number of aromatic carboxylic acids is 1. The van der Waals surface area contributed by atoms with Crippen molar-refractivity contribution in [1.82, 2.24) is 0 Å². The van der Waals surface area contributed by atoms with Gasteiger partial charge in [0.15, 0.2) is 0 Å². The second-order valence-electron chi connectivity index (χ2n) is 2.62. The van der Waals surface area contributed by atoms with Crippen molar-refractivity contribution < 1.29 is 9.90 Å². The molecule has 0 aliphatic rings. The number of carbonyl (C=O) groups is 1. The van der Waals surface area contributed by atoms with Crippen LogP contribution in [0.2, 0.25) is 0 Å². The van der Waals surface area contributed by atoms with Gasteiger partial charge in [0, 0.05) is 10.5 Å². The molecule has 0 heterocycles. The van der Waals surface area contributed by atoms with Gasteiger partial charge in [-0.3, -0.25) is 0 Å². The molecule has 66 valence electrons. The van der Waals surface area contributed by atoms with Crippen LogP contribution in [0.3, 0.4) is 0 Å². The molecule has 0 bridgehead atoms. The van der Waals surface area contributed by atoms with Crippen molar-refractivity contribution in [3.05, 3.63) is 28.8 Å². The van der Waals surface area contributed by atoms with Crippen molar-refractivity contribution in [2.45, 2.75) is 11.8 Å². The molecule has 1 N–H and O–H groups in total. The van der Waals surface area contributed by atoms with Gasteiger partial charge in [-0.25, -0.2) is 4.79 Å². The minimum Gasteiger partial charge on any atom is -0.478 e. The van der Waals surface area contributed by atoms with Gasteiger partial charge in [0.2, 0.25) is 0 Å². The highest BCUT2D eigenvalue weighted by Crippen LogP contribution is 2.19. The molecule has 1 aromatic carbocycles. The summed E-state index contributed by atoms with van der Waals surface area (Å²) in [4.78, 5) is 11.3. The third-order valence-electron chi connectivity index (χ3n) is 1.78. The maximum Gasteiger partial charge on any atom is 0.336 e. The number of terminal acetylenes is 1. The van der Waals surface area contributed by atoms with Crippen molar-refractivity contribution in [1.29, 1.82) is 0 Å². The summed E-state index contributed by atoms with van der Waals surface area (Å²) in [5.41, 5.74) is 1.38. The van der Waals surface area contributed by atoms with Crippen LogP contribution in [-0.2, 0) is 0 Å². The minimum absolute atomic E-state index is 0.209. The standard InChI is InChI=1S/C10H8O2S/c1-3-7-4-8(10(11)12)6(2)9(13)5-7/h1,4-5,13H,2H3,(H,11,12). The maximum atomic E-state index is 10.7. The average Bonchev–Trinajstić information content (AvgIpc) is 2.09. The minimum atomic E-state index is -0.982. The summed E-state index contributed by atoms with van der Waals surface area (Å²) in [6.45, 7) is 1.70. The second-order valence-corrected chi connectivity index (χ2v) is 3.10. The highest BCUT2D eigenvalue weighted by Gasteiger charge is 2.09. The van der Waals surface area contributed by atoms with E-state index in [0.717, 1.165) is 0 Å². The lowest BCUT2D eigenvalue weighted by Gasteiger charge is -2.04. The van der Waals surface area contributed by atoms with E-state index < -0.39 is 5.97 Å². The smallest absolute Gasteiger partial charge is 0.336 e. The molecule has 2 nitrogen and oxygen atoms in total. The van der Waals surface area contributed by atoms with E-state index in [1.807, 2.05) is 0 Å². The zero-order chi connectivity index (χ0) is 10.0. The molecular formula is C10H8O2S. The lowest BCUT2D eigenvalue weighted by Crippen LogP contribution is -2.01. The van der Waals surface area contributed by atoms with Crippen LogP contribution >= 0.6 is 12.6 Å². The fourth-order valence-electron chi connectivity index (χ4n) is 1.00. The van der Waals surface area contributed by atoms with Gasteiger partial charge in [-0.15, -0.1) is 19.1 Å². The summed E-state index contributed by atoms with van der Waals surface area (Å²) in [6.07, 6.45) is 5.16. The number of rotatable bonds is 1. The van der Waals surface area contributed by atoms with E-state index in [1.54, 1.807) is 13.0 Å². The summed E-state index contributed by atoms with van der Waals surface area (Å²) in [5, 5.41) is 8.81. The molecule has 0 saturated carbocycles. The highest BCUT2D eigenvalue weighted by atomic mass is 32.1. The van der Waals surface area contributed by atoms with Crippen LogP contribution in [0.5, 0.6) is 0 Å². The first-order valence-electron chi connectivity index (χ1n) is 3.59. The van der Waals surface area contributed by atoms with Crippen molar-refractivity contribution in [3.8, 4) is 12.3 Å². The Labute approximate surface area is 82.0 Å². The largest absolute Gasteiger partial charge is 0.478 e. The number of hydrogen-bond donors (Lipinski definition) is 2. The Kier molecular flexibility index (Phi) is 2.64. The van der Waals surface area contributed by atoms with Gasteiger partial charge >= 0.3 is 5.97 Å². The number of thiol groups is 1. The quantitative estimate of drug-likeness (QED) is 0.527. The predicted molar refractivity (Wildman–Crippen MR) is 53.3 cm³/mol. The lowest BCUT2D eigenvalue weighted by molar-refractivity contribution is 0.0695. The van der Waals surface area contributed by atoms with E-state index in [2.05, 4.69) is 18.5 Å². The molecule has 0 amide bonds. The monoisotopic (exact) mass is 192 g/mol. The molecule has 0 aliphatic heterocycles. The highest BCUT2D eigenvalue weighted by molar-refractivity contribution is 7.80. The van der Waals surface area contributed by atoms with Crippen molar-refractivity contribution in [2.75, 3.05) is 0 Å². The van der Waals surface area contributed by atoms with Gasteiger partial charge in [0.1, 0.15) is 0 Å². The molecule has 0 saturated heterocycles. The summed E-state index contributed by atoms with van der Waals surface area (Å²) in [5.74, 6) is 1.40. The molecule has 0 atom stereocenters. The normalized spacial score (nSPS) is 9.31. The number of carboxylic acids is 1. The summed E-state index contributed by atoms with van der Waals surface area (Å²) >= 11 is 4.13. The Bertz CT molecular complexity index is 402. The van der Waals surface area contributed by atoms with Crippen molar-refractivity contribution in [2.24, 2.45) is 0 Å². The Morgan fingerprint density at radius 3 is 2.69 bits per heavy atom. The first kappa shape index (κ1) is 9.69. The van der Waals surface area contributed by atoms with Crippen molar-refractivity contribution >= 4 is 18.6 Å². The van der Waals surface area contributed by atoms with Crippen LogP contribution in [0.1, 0.15) is 21.5 Å². The summed E-state index contributed by atoms with van der Waals surface area (Å²) in [7, 11) is 0.